The molecule has 3 heteroatoms. The lowest BCUT2D eigenvalue weighted by Crippen LogP contribution is -1.78. The molecule has 66 valence electrons. The third kappa shape index (κ3) is 1.75. The van der Waals surface area contributed by atoms with E-state index in [0.717, 1.165) is 16.4 Å². The van der Waals surface area contributed by atoms with Crippen molar-refractivity contribution in [2.24, 2.45) is 0 Å². The molecule has 2 aromatic rings. The van der Waals surface area contributed by atoms with Crippen LogP contribution in [0, 0.1) is 0 Å². The maximum atomic E-state index is 4.28. The van der Waals surface area contributed by atoms with Crippen molar-refractivity contribution in [2.75, 3.05) is 6.26 Å². The third-order valence-electron chi connectivity index (χ3n) is 1.82. The van der Waals surface area contributed by atoms with Crippen LogP contribution < -0.4 is 0 Å². The smallest absolute Gasteiger partial charge is 0.138 e. The van der Waals surface area contributed by atoms with E-state index in [2.05, 4.69) is 9.97 Å². The SMILES string of the molecule is CSc1cnc(-c2ccccc2)[nH]1. The van der Waals surface area contributed by atoms with Gasteiger partial charge in [0.15, 0.2) is 0 Å². The summed E-state index contributed by atoms with van der Waals surface area (Å²) in [6.07, 6.45) is 3.88. The molecule has 0 bridgehead atoms. The molecule has 0 aliphatic rings. The zero-order chi connectivity index (χ0) is 9.10. The van der Waals surface area contributed by atoms with Gasteiger partial charge < -0.3 is 4.98 Å². The lowest BCUT2D eigenvalue weighted by Gasteiger charge is -1.94. The van der Waals surface area contributed by atoms with Gasteiger partial charge in [0.1, 0.15) is 5.82 Å². The minimum absolute atomic E-state index is 0.935. The van der Waals surface area contributed by atoms with Gasteiger partial charge in [-0.1, -0.05) is 30.3 Å². The fraction of sp³-hybridized carbons (Fsp3) is 0.100. The fourth-order valence-corrected chi connectivity index (χ4v) is 1.51. The van der Waals surface area contributed by atoms with Gasteiger partial charge in [0.25, 0.3) is 0 Å². The van der Waals surface area contributed by atoms with Crippen LogP contribution in [0.3, 0.4) is 0 Å². The van der Waals surface area contributed by atoms with E-state index in [0.29, 0.717) is 0 Å². The Morgan fingerprint density at radius 3 is 2.62 bits per heavy atom. The van der Waals surface area contributed by atoms with E-state index in [-0.39, 0.29) is 0 Å². The van der Waals surface area contributed by atoms with Crippen molar-refractivity contribution in [2.45, 2.75) is 5.03 Å². The first kappa shape index (κ1) is 8.38. The average molecular weight is 190 g/mol. The highest BCUT2D eigenvalue weighted by molar-refractivity contribution is 7.98. The standard InChI is InChI=1S/C10H10N2S/c1-13-9-7-11-10(12-9)8-5-3-2-4-6-8/h2-7H,1H3,(H,11,12). The van der Waals surface area contributed by atoms with E-state index < -0.39 is 0 Å². The Hall–Kier alpha value is -1.22. The van der Waals surface area contributed by atoms with Gasteiger partial charge in [-0.05, 0) is 6.26 Å². The second kappa shape index (κ2) is 3.66. The van der Waals surface area contributed by atoms with Crippen LogP contribution in [-0.2, 0) is 0 Å². The molecule has 0 unspecified atom stereocenters. The summed E-state index contributed by atoms with van der Waals surface area (Å²) in [7, 11) is 0. The largest absolute Gasteiger partial charge is 0.333 e. The van der Waals surface area contributed by atoms with Gasteiger partial charge in [-0.3, -0.25) is 0 Å². The van der Waals surface area contributed by atoms with Gasteiger partial charge in [0.2, 0.25) is 0 Å². The quantitative estimate of drug-likeness (QED) is 0.738. The highest BCUT2D eigenvalue weighted by Gasteiger charge is 2.00. The topological polar surface area (TPSA) is 28.7 Å². The minimum Gasteiger partial charge on any atom is -0.333 e. The van der Waals surface area contributed by atoms with Gasteiger partial charge in [-0.25, -0.2) is 4.98 Å². The molecule has 0 saturated carbocycles. The van der Waals surface area contributed by atoms with E-state index in [4.69, 9.17) is 0 Å². The molecule has 0 saturated heterocycles. The fourth-order valence-electron chi connectivity index (χ4n) is 1.15. The Kier molecular flexibility index (Phi) is 2.36. The molecule has 1 aromatic carbocycles. The van der Waals surface area contributed by atoms with Crippen LogP contribution in [0.5, 0.6) is 0 Å². The maximum absolute atomic E-state index is 4.28. The zero-order valence-corrected chi connectivity index (χ0v) is 8.14. The summed E-state index contributed by atoms with van der Waals surface area (Å²) in [6.45, 7) is 0. The molecule has 0 atom stereocenters. The molecular weight excluding hydrogens is 180 g/mol. The molecule has 2 nitrogen and oxygen atoms in total. The third-order valence-corrected chi connectivity index (χ3v) is 2.47. The number of H-pyrrole nitrogens is 1. The number of aromatic nitrogens is 2. The molecule has 1 heterocycles. The summed E-state index contributed by atoms with van der Waals surface area (Å²) in [5.41, 5.74) is 1.13. The number of rotatable bonds is 2. The van der Waals surface area contributed by atoms with Crippen molar-refractivity contribution in [3.05, 3.63) is 36.5 Å². The molecule has 0 fully saturated rings. The molecule has 13 heavy (non-hydrogen) atoms. The van der Waals surface area contributed by atoms with Crippen molar-refractivity contribution in [1.29, 1.82) is 0 Å². The lowest BCUT2D eigenvalue weighted by molar-refractivity contribution is 1.21. The number of imidazole rings is 1. The molecular formula is C10H10N2S. The Morgan fingerprint density at radius 2 is 2.00 bits per heavy atom. The normalized spacial score (nSPS) is 10.2. The first-order valence-corrected chi connectivity index (χ1v) is 5.27. The first-order chi connectivity index (χ1) is 6.40. The molecule has 2 rings (SSSR count). The maximum Gasteiger partial charge on any atom is 0.138 e. The van der Waals surface area contributed by atoms with E-state index in [1.807, 2.05) is 42.8 Å². The van der Waals surface area contributed by atoms with Crippen LogP contribution in [0.1, 0.15) is 0 Å². The Labute approximate surface area is 81.4 Å². The molecule has 0 amide bonds. The van der Waals surface area contributed by atoms with Gasteiger partial charge in [-0.2, -0.15) is 0 Å². The summed E-state index contributed by atoms with van der Waals surface area (Å²) in [5.74, 6) is 0.935. The first-order valence-electron chi connectivity index (χ1n) is 4.04. The molecule has 0 spiro atoms. The molecule has 0 aliphatic heterocycles. The highest BCUT2D eigenvalue weighted by atomic mass is 32.2. The van der Waals surface area contributed by atoms with Crippen LogP contribution in [0.25, 0.3) is 11.4 Å². The lowest BCUT2D eigenvalue weighted by atomic mass is 10.2. The number of hydrogen-bond acceptors (Lipinski definition) is 2. The van der Waals surface area contributed by atoms with Gasteiger partial charge >= 0.3 is 0 Å². The van der Waals surface area contributed by atoms with Crippen molar-refractivity contribution >= 4 is 11.8 Å². The summed E-state index contributed by atoms with van der Waals surface area (Å²) in [4.78, 5) is 7.51. The average Bonchev–Trinajstić information content (AvgIpc) is 2.67. The Balaban J connectivity index is 2.36. The number of hydrogen-bond donors (Lipinski definition) is 1. The van der Waals surface area contributed by atoms with E-state index >= 15 is 0 Å². The van der Waals surface area contributed by atoms with Crippen LogP contribution in [0.2, 0.25) is 0 Å². The van der Waals surface area contributed by atoms with Crippen LogP contribution in [-0.4, -0.2) is 16.2 Å². The van der Waals surface area contributed by atoms with E-state index in [9.17, 15) is 0 Å². The number of nitrogens with zero attached hydrogens (tertiary/aromatic N) is 1. The number of nitrogens with one attached hydrogen (secondary N) is 1. The zero-order valence-electron chi connectivity index (χ0n) is 7.32. The van der Waals surface area contributed by atoms with Gasteiger partial charge in [0, 0.05) is 5.56 Å². The number of benzene rings is 1. The summed E-state index contributed by atoms with van der Waals surface area (Å²) < 4.78 is 0. The monoisotopic (exact) mass is 190 g/mol. The highest BCUT2D eigenvalue weighted by Crippen LogP contribution is 2.18. The second-order valence-corrected chi connectivity index (χ2v) is 3.51. The van der Waals surface area contributed by atoms with Crippen LogP contribution in [0.15, 0.2) is 41.6 Å². The predicted octanol–water partition coefficient (Wildman–Crippen LogP) is 2.80. The molecule has 0 radical (unpaired) electrons. The van der Waals surface area contributed by atoms with E-state index in [1.165, 1.54) is 0 Å². The van der Waals surface area contributed by atoms with Gasteiger partial charge in [-0.15, -0.1) is 11.8 Å². The Bertz CT molecular complexity index is 381. The minimum atomic E-state index is 0.935. The predicted molar refractivity (Wildman–Crippen MR) is 55.8 cm³/mol. The summed E-state index contributed by atoms with van der Waals surface area (Å²) in [5, 5.41) is 1.10. The van der Waals surface area contributed by atoms with Crippen molar-refractivity contribution in [3.8, 4) is 11.4 Å². The summed E-state index contributed by atoms with van der Waals surface area (Å²) >= 11 is 1.67. The summed E-state index contributed by atoms with van der Waals surface area (Å²) in [6, 6.07) is 10.1. The number of thioether (sulfide) groups is 1. The molecule has 0 aliphatic carbocycles. The Morgan fingerprint density at radius 1 is 1.23 bits per heavy atom. The van der Waals surface area contributed by atoms with Crippen molar-refractivity contribution < 1.29 is 0 Å². The van der Waals surface area contributed by atoms with E-state index in [1.54, 1.807) is 11.8 Å². The van der Waals surface area contributed by atoms with Gasteiger partial charge in [0.05, 0.1) is 11.2 Å². The molecule has 1 aromatic heterocycles. The van der Waals surface area contributed by atoms with Crippen molar-refractivity contribution in [3.63, 3.8) is 0 Å². The number of aromatic amines is 1. The van der Waals surface area contributed by atoms with Crippen LogP contribution in [0.4, 0.5) is 0 Å². The molecule has 1 N–H and O–H groups in total. The second-order valence-electron chi connectivity index (χ2n) is 2.67. The van der Waals surface area contributed by atoms with Crippen molar-refractivity contribution in [1.82, 2.24) is 9.97 Å². The van der Waals surface area contributed by atoms with Crippen LogP contribution >= 0.6 is 11.8 Å².